The highest BCUT2D eigenvalue weighted by Gasteiger charge is 2.62. The third-order valence-electron chi connectivity index (χ3n) is 7.19. The fourth-order valence-electron chi connectivity index (χ4n) is 5.87. The lowest BCUT2D eigenvalue weighted by atomic mass is 9.85. The van der Waals surface area contributed by atoms with Crippen LogP contribution in [0.3, 0.4) is 0 Å². The first-order valence-corrected chi connectivity index (χ1v) is 10.1. The number of amides is 4. The second-order valence-corrected chi connectivity index (χ2v) is 8.54. The molecule has 6 aliphatic rings. The summed E-state index contributed by atoms with van der Waals surface area (Å²) in [6, 6.07) is 6.45. The van der Waals surface area contributed by atoms with Crippen molar-refractivity contribution in [2.24, 2.45) is 23.7 Å². The van der Waals surface area contributed by atoms with Gasteiger partial charge < -0.3 is 9.47 Å². The molecule has 8 atom stereocenters. The smallest absolute Gasteiger partial charge is 0.240 e. The zero-order chi connectivity index (χ0) is 20.3. The molecular weight excluding hydrogens is 388 g/mol. The van der Waals surface area contributed by atoms with Crippen LogP contribution in [0, 0.1) is 23.7 Å². The number of ether oxygens (including phenoxy) is 2. The third-order valence-corrected chi connectivity index (χ3v) is 7.19. The van der Waals surface area contributed by atoms with E-state index >= 15 is 0 Å². The van der Waals surface area contributed by atoms with Gasteiger partial charge in [-0.05, 0) is 24.3 Å². The van der Waals surface area contributed by atoms with Crippen molar-refractivity contribution in [3.8, 4) is 0 Å². The van der Waals surface area contributed by atoms with Crippen molar-refractivity contribution in [3.05, 3.63) is 48.6 Å². The van der Waals surface area contributed by atoms with E-state index in [4.69, 9.17) is 9.47 Å². The molecular formula is C22H16N2O6. The fraction of sp³-hybridized carbons (Fsp3) is 0.364. The van der Waals surface area contributed by atoms with Gasteiger partial charge in [0.25, 0.3) is 0 Å². The average Bonchev–Trinajstić information content (AvgIpc) is 3.56. The van der Waals surface area contributed by atoms with Crippen molar-refractivity contribution in [2.75, 3.05) is 9.80 Å². The molecule has 6 heterocycles. The molecule has 6 aliphatic heterocycles. The monoisotopic (exact) mass is 404 g/mol. The molecule has 7 rings (SSSR count). The molecule has 0 aromatic heterocycles. The molecule has 150 valence electrons. The van der Waals surface area contributed by atoms with Gasteiger partial charge in [0.1, 0.15) is 0 Å². The van der Waals surface area contributed by atoms with Gasteiger partial charge in [-0.25, -0.2) is 9.80 Å². The van der Waals surface area contributed by atoms with Crippen LogP contribution in [0.25, 0.3) is 0 Å². The maximum Gasteiger partial charge on any atom is 0.240 e. The van der Waals surface area contributed by atoms with Gasteiger partial charge in [0.15, 0.2) is 0 Å². The highest BCUT2D eigenvalue weighted by Crippen LogP contribution is 2.48. The Hall–Kier alpha value is -3.10. The van der Waals surface area contributed by atoms with E-state index in [1.165, 1.54) is 9.80 Å². The molecule has 8 nitrogen and oxygen atoms in total. The Balaban J connectivity index is 1.18. The van der Waals surface area contributed by atoms with Crippen LogP contribution in [0.1, 0.15) is 0 Å². The quantitative estimate of drug-likeness (QED) is 0.529. The molecule has 0 aliphatic carbocycles. The molecule has 4 bridgehead atoms. The molecule has 0 radical (unpaired) electrons. The van der Waals surface area contributed by atoms with Crippen LogP contribution in [0.15, 0.2) is 48.6 Å². The van der Waals surface area contributed by atoms with Gasteiger partial charge in [0, 0.05) is 0 Å². The first-order chi connectivity index (χ1) is 14.5. The number of anilines is 2. The van der Waals surface area contributed by atoms with E-state index in [9.17, 15) is 19.2 Å². The van der Waals surface area contributed by atoms with Gasteiger partial charge >= 0.3 is 0 Å². The van der Waals surface area contributed by atoms with E-state index in [-0.39, 0.29) is 48.0 Å². The largest absolute Gasteiger partial charge is 0.365 e. The maximum absolute atomic E-state index is 12.9. The molecule has 4 saturated heterocycles. The van der Waals surface area contributed by atoms with Crippen molar-refractivity contribution in [2.45, 2.75) is 24.4 Å². The number of hydrogen-bond acceptors (Lipinski definition) is 6. The Morgan fingerprint density at radius 2 is 0.767 bits per heavy atom. The van der Waals surface area contributed by atoms with Crippen LogP contribution in [-0.4, -0.2) is 48.0 Å². The van der Waals surface area contributed by atoms with E-state index in [0.717, 1.165) is 0 Å². The summed E-state index contributed by atoms with van der Waals surface area (Å²) in [4.78, 5) is 54.0. The minimum atomic E-state index is -0.476. The molecule has 30 heavy (non-hydrogen) atoms. The van der Waals surface area contributed by atoms with Crippen molar-refractivity contribution in [3.63, 3.8) is 0 Å². The minimum absolute atomic E-state index is 0.266. The predicted octanol–water partition coefficient (Wildman–Crippen LogP) is 0.572. The zero-order valence-electron chi connectivity index (χ0n) is 15.6. The highest BCUT2D eigenvalue weighted by molar-refractivity contribution is 6.24. The Morgan fingerprint density at radius 3 is 1.03 bits per heavy atom. The number of rotatable bonds is 2. The van der Waals surface area contributed by atoms with E-state index in [1.54, 1.807) is 24.3 Å². The number of carbonyl (C=O) groups is 4. The number of benzene rings is 1. The summed E-state index contributed by atoms with van der Waals surface area (Å²) in [6.45, 7) is 0. The minimum Gasteiger partial charge on any atom is -0.365 e. The van der Waals surface area contributed by atoms with Crippen LogP contribution in [0.2, 0.25) is 0 Å². The van der Waals surface area contributed by atoms with Crippen molar-refractivity contribution in [1.29, 1.82) is 0 Å². The zero-order valence-corrected chi connectivity index (χ0v) is 15.6. The van der Waals surface area contributed by atoms with Crippen molar-refractivity contribution in [1.82, 2.24) is 0 Å². The number of imide groups is 2. The summed E-state index contributed by atoms with van der Waals surface area (Å²) in [5.41, 5.74) is 0.874. The summed E-state index contributed by atoms with van der Waals surface area (Å²) in [6.07, 6.45) is 6.01. The molecule has 4 amide bonds. The van der Waals surface area contributed by atoms with Gasteiger partial charge in [-0.2, -0.15) is 0 Å². The lowest BCUT2D eigenvalue weighted by molar-refractivity contribution is -0.126. The molecule has 4 fully saturated rings. The topological polar surface area (TPSA) is 93.2 Å². The second kappa shape index (κ2) is 5.33. The SMILES string of the molecule is O=C1C2C3C=CC(O3)C2C(=O)N1c1ccc(N2C(=O)C3C4C=CC(O4)C3C2=O)cc1. The first kappa shape index (κ1) is 16.7. The fourth-order valence-corrected chi connectivity index (χ4v) is 5.87. The Morgan fingerprint density at radius 1 is 0.500 bits per heavy atom. The van der Waals surface area contributed by atoms with E-state index in [0.29, 0.717) is 11.4 Å². The lowest BCUT2D eigenvalue weighted by Gasteiger charge is -2.20. The van der Waals surface area contributed by atoms with E-state index < -0.39 is 23.7 Å². The van der Waals surface area contributed by atoms with Gasteiger partial charge in [-0.1, -0.05) is 24.3 Å². The standard InChI is InChI=1S/C22H16N2O6/c25-19-15-11-5-6-12(29-11)16(15)20(26)23(19)9-1-2-10(4-3-9)24-21(27)17-13-7-8-14(30-13)18(17)22(24)28/h1-8,11-18H. The number of carbonyl (C=O) groups excluding carboxylic acids is 4. The molecule has 8 unspecified atom stereocenters. The van der Waals surface area contributed by atoms with Crippen LogP contribution >= 0.6 is 0 Å². The van der Waals surface area contributed by atoms with Gasteiger partial charge in [-0.15, -0.1) is 0 Å². The summed E-state index contributed by atoms with van der Waals surface area (Å²) in [5.74, 6) is -2.97. The summed E-state index contributed by atoms with van der Waals surface area (Å²) < 4.78 is 11.3. The molecule has 8 heteroatoms. The highest BCUT2D eigenvalue weighted by atomic mass is 16.5. The molecule has 1 aromatic carbocycles. The maximum atomic E-state index is 12.9. The molecule has 0 saturated carbocycles. The van der Waals surface area contributed by atoms with Crippen LogP contribution in [-0.2, 0) is 28.7 Å². The Labute approximate surface area is 170 Å². The van der Waals surface area contributed by atoms with Crippen molar-refractivity contribution < 1.29 is 28.7 Å². The summed E-state index contributed by atoms with van der Waals surface area (Å²) in [7, 11) is 0. The number of fused-ring (bicyclic) bond motifs is 10. The van der Waals surface area contributed by atoms with E-state index in [1.807, 2.05) is 24.3 Å². The predicted molar refractivity (Wildman–Crippen MR) is 101 cm³/mol. The second-order valence-electron chi connectivity index (χ2n) is 8.54. The molecule has 1 aromatic rings. The summed E-state index contributed by atoms with van der Waals surface area (Å²) >= 11 is 0. The van der Waals surface area contributed by atoms with Crippen molar-refractivity contribution >= 4 is 35.0 Å². The van der Waals surface area contributed by atoms with Crippen LogP contribution < -0.4 is 9.80 Å². The summed E-state index contributed by atoms with van der Waals surface area (Å²) in [5, 5.41) is 0. The van der Waals surface area contributed by atoms with Gasteiger partial charge in [-0.3, -0.25) is 19.2 Å². The van der Waals surface area contributed by atoms with Gasteiger partial charge in [0.05, 0.1) is 59.5 Å². The third kappa shape index (κ3) is 1.80. The Bertz CT molecular complexity index is 960. The Kier molecular flexibility index (Phi) is 2.96. The van der Waals surface area contributed by atoms with Crippen LogP contribution in [0.5, 0.6) is 0 Å². The number of hydrogen-bond donors (Lipinski definition) is 0. The van der Waals surface area contributed by atoms with Crippen LogP contribution in [0.4, 0.5) is 11.4 Å². The van der Waals surface area contributed by atoms with Gasteiger partial charge in [0.2, 0.25) is 23.6 Å². The molecule has 0 spiro atoms. The number of nitrogens with zero attached hydrogens (tertiary/aromatic N) is 2. The van der Waals surface area contributed by atoms with E-state index in [2.05, 4.69) is 0 Å². The lowest BCUT2D eigenvalue weighted by Crippen LogP contribution is -2.35. The average molecular weight is 404 g/mol. The first-order valence-electron chi connectivity index (χ1n) is 10.1. The normalized spacial score (nSPS) is 42.3. The molecule has 0 N–H and O–H groups in total.